The number of thiazole rings is 1. The van der Waals surface area contributed by atoms with Gasteiger partial charge in [-0.15, -0.1) is 11.3 Å². The van der Waals surface area contributed by atoms with E-state index < -0.39 is 63.4 Å². The van der Waals surface area contributed by atoms with E-state index in [1.807, 2.05) is 57.4 Å². The molecule has 0 saturated carbocycles. The predicted molar refractivity (Wildman–Crippen MR) is 320 cm³/mol. The van der Waals surface area contributed by atoms with Gasteiger partial charge in [0.25, 0.3) is 11.8 Å². The molecule has 4 aliphatic heterocycles. The number of aryl methyl sites for hydroxylation is 1. The number of phenols is 1. The summed E-state index contributed by atoms with van der Waals surface area (Å²) in [5.74, 6) is -2.29. The van der Waals surface area contributed by atoms with Crippen LogP contribution in [0.1, 0.15) is 100 Å². The molecule has 6 unspecified atom stereocenters. The van der Waals surface area contributed by atoms with Gasteiger partial charge in [0.1, 0.15) is 35.0 Å². The molecule has 442 valence electrons. The largest absolute Gasteiger partial charge is 0.508 e. The average molecular weight is 1170 g/mol. The number of carbonyl (C=O) groups excluding carboxylic acids is 4. The quantitative estimate of drug-likeness (QED) is 0.0649. The van der Waals surface area contributed by atoms with Gasteiger partial charge in [0.15, 0.2) is 9.84 Å². The number of amides is 3. The highest BCUT2D eigenvalue weighted by Crippen LogP contribution is 2.44. The molecular formula is C62H77N9O10S2. The van der Waals surface area contributed by atoms with E-state index in [9.17, 15) is 32.7 Å². The van der Waals surface area contributed by atoms with Crippen molar-refractivity contribution < 1.29 is 46.9 Å². The monoisotopic (exact) mass is 1170 g/mol. The van der Waals surface area contributed by atoms with Crippen molar-refractivity contribution in [3.8, 4) is 38.7 Å². The number of nitrogens with zero attached hydrogens (tertiary/aromatic N) is 6. The van der Waals surface area contributed by atoms with Crippen LogP contribution < -0.4 is 16.5 Å². The standard InChI is InChI=1S/C62H77N9O10S2/c1-9-70-52-17-14-40-29-47(52)49(55(70)48-30-42(32-64-53(48)37(4)79-8)58-65-33-45(82-58)34-69-20-23-83(77,78)24-21-69)31-62(5,6)35-81-61(76)50-11-10-19-71(67-50)59(74)51(27-38-25-41(40)28-44(72)26-38)66-57(73)54(36(2)3)68(7)60(75)56-46(18-22-80-56)39-12-15-43(63)16-13-39/h12-17,25-26,28-30,32-33,36-37,46,50-51,54,56,67,72H,9-11,18-24,27,31,34-35,63H2,1-8H3,(H,66,73). The van der Waals surface area contributed by atoms with E-state index in [2.05, 4.69) is 59.2 Å². The zero-order valence-electron chi connectivity index (χ0n) is 48.6. The molecule has 19 nitrogen and oxygen atoms in total. The van der Waals surface area contributed by atoms with Crippen LogP contribution in [0.25, 0.3) is 43.9 Å². The summed E-state index contributed by atoms with van der Waals surface area (Å²) in [5.41, 5.74) is 17.3. The second kappa shape index (κ2) is 24.5. The van der Waals surface area contributed by atoms with Crippen molar-refractivity contribution in [3.63, 3.8) is 0 Å². The molecule has 0 spiro atoms. The van der Waals surface area contributed by atoms with E-state index in [-0.39, 0.29) is 54.6 Å². The van der Waals surface area contributed by atoms with Gasteiger partial charge in [-0.1, -0.05) is 52.0 Å². The van der Waals surface area contributed by atoms with Crippen LogP contribution in [0.5, 0.6) is 5.75 Å². The van der Waals surface area contributed by atoms with Crippen molar-refractivity contribution in [2.24, 2.45) is 11.3 Å². The molecule has 6 atom stereocenters. The Kier molecular flexibility index (Phi) is 17.5. The summed E-state index contributed by atoms with van der Waals surface area (Å²) < 4.78 is 44.9. The third-order valence-corrected chi connectivity index (χ3v) is 19.4. The molecule has 10 rings (SSSR count). The zero-order valence-corrected chi connectivity index (χ0v) is 50.3. The fraction of sp³-hybridized carbons (Fsp3) is 0.484. The molecule has 6 aromatic rings. The number of sulfone groups is 1. The number of nitrogens with one attached hydrogen (secondary N) is 2. The molecule has 3 aromatic heterocycles. The summed E-state index contributed by atoms with van der Waals surface area (Å²) in [4.78, 5) is 73.1. The van der Waals surface area contributed by atoms with Crippen molar-refractivity contribution in [2.75, 3.05) is 64.2 Å². The Morgan fingerprint density at radius 1 is 0.976 bits per heavy atom. The Bertz CT molecular complexity index is 3510. The number of cyclic esters (lactones) is 1. The van der Waals surface area contributed by atoms with E-state index in [0.717, 1.165) is 60.0 Å². The van der Waals surface area contributed by atoms with Crippen LogP contribution in [0, 0.1) is 11.3 Å². The Balaban J connectivity index is 1.03. The first-order chi connectivity index (χ1) is 39.6. The third-order valence-electron chi connectivity index (χ3n) is 16.7. The van der Waals surface area contributed by atoms with E-state index in [0.29, 0.717) is 75.3 Å². The number of likely N-dealkylation sites (N-methyl/N-ethyl adjacent to an activating group) is 1. The molecular weight excluding hydrogens is 1090 g/mol. The lowest BCUT2D eigenvalue weighted by atomic mass is 9.84. The normalized spacial score (nSPS) is 22.0. The number of nitrogen functional groups attached to an aromatic ring is 1. The number of fused-ring (bicyclic) bond motifs is 6. The first kappa shape index (κ1) is 59.4. The minimum atomic E-state index is -3.02. The van der Waals surface area contributed by atoms with Gasteiger partial charge >= 0.3 is 5.97 Å². The number of hydrazine groups is 1. The Labute approximate surface area is 489 Å². The van der Waals surface area contributed by atoms with Crippen molar-refractivity contribution in [1.29, 1.82) is 0 Å². The lowest BCUT2D eigenvalue weighted by Crippen LogP contribution is -2.62. The zero-order chi connectivity index (χ0) is 59.1. The van der Waals surface area contributed by atoms with Gasteiger partial charge in [0.2, 0.25) is 5.91 Å². The summed E-state index contributed by atoms with van der Waals surface area (Å²) in [6.07, 6.45) is 4.36. The maximum atomic E-state index is 15.0. The summed E-state index contributed by atoms with van der Waals surface area (Å²) in [6, 6.07) is 17.8. The van der Waals surface area contributed by atoms with Gasteiger partial charge in [0, 0.05) is 116 Å². The molecule has 6 bridgehead atoms. The number of benzene rings is 3. The summed E-state index contributed by atoms with van der Waals surface area (Å²) in [6.45, 7) is 14.7. The molecule has 3 amide bonds. The maximum absolute atomic E-state index is 15.0. The fourth-order valence-electron chi connectivity index (χ4n) is 12.3. The number of carbonyl (C=O) groups is 4. The van der Waals surface area contributed by atoms with E-state index in [4.69, 9.17) is 29.9 Å². The fourth-order valence-corrected chi connectivity index (χ4v) is 14.5. The highest BCUT2D eigenvalue weighted by atomic mass is 32.2. The van der Waals surface area contributed by atoms with Crippen LogP contribution in [-0.2, 0) is 69.2 Å². The third kappa shape index (κ3) is 12.9. The second-order valence-corrected chi connectivity index (χ2v) is 27.2. The number of hydrogen-bond donors (Lipinski definition) is 4. The first-order valence-electron chi connectivity index (χ1n) is 28.8. The number of hydrogen-bond acceptors (Lipinski definition) is 16. The van der Waals surface area contributed by atoms with Gasteiger partial charge in [-0.25, -0.2) is 18.8 Å². The SMILES string of the molecule is CCn1c(-c2cc(-c3ncc(CN4CCS(=O)(=O)CC4)s3)cnc2C(C)OC)c2c3cc(ccc31)-c1cc(O)cc(c1)CC(NC(=O)C(C(C)C)N(C)C(=O)C1OCCC1c1ccc(N)cc1)C(=O)N1CCCC(N1)C(=O)OCC(C)(C)C2. The minimum Gasteiger partial charge on any atom is -0.508 e. The highest BCUT2D eigenvalue weighted by molar-refractivity contribution is 7.91. The summed E-state index contributed by atoms with van der Waals surface area (Å²) >= 11 is 1.55. The number of aromatic nitrogens is 3. The molecule has 5 N–H and O–H groups in total. The van der Waals surface area contributed by atoms with Crippen molar-refractivity contribution in [1.82, 2.24) is 40.1 Å². The van der Waals surface area contributed by atoms with Gasteiger partial charge < -0.3 is 39.8 Å². The number of phenolic OH excluding ortho intramolecular Hbond substituents is 1. The number of anilines is 1. The van der Waals surface area contributed by atoms with Crippen molar-refractivity contribution >= 4 is 61.5 Å². The van der Waals surface area contributed by atoms with Crippen LogP contribution in [0.15, 0.2) is 79.1 Å². The van der Waals surface area contributed by atoms with Crippen LogP contribution in [0.4, 0.5) is 5.69 Å². The number of ether oxygens (including phenoxy) is 3. The molecule has 3 fully saturated rings. The lowest BCUT2D eigenvalue weighted by molar-refractivity contribution is -0.155. The maximum Gasteiger partial charge on any atom is 0.324 e. The average Bonchev–Trinajstić information content (AvgIpc) is 3.28. The van der Waals surface area contributed by atoms with Crippen LogP contribution in [0.2, 0.25) is 0 Å². The highest BCUT2D eigenvalue weighted by Gasteiger charge is 2.43. The number of pyridine rings is 1. The molecule has 0 radical (unpaired) electrons. The molecule has 7 heterocycles. The lowest BCUT2D eigenvalue weighted by Gasteiger charge is -2.37. The number of methoxy groups -OCH3 is 1. The Morgan fingerprint density at radius 3 is 2.46 bits per heavy atom. The van der Waals surface area contributed by atoms with E-state index in [1.54, 1.807) is 49.8 Å². The van der Waals surface area contributed by atoms with Crippen LogP contribution >= 0.6 is 11.3 Å². The van der Waals surface area contributed by atoms with Gasteiger partial charge in [-0.05, 0) is 116 Å². The smallest absolute Gasteiger partial charge is 0.324 e. The van der Waals surface area contributed by atoms with Crippen molar-refractivity contribution in [3.05, 3.63) is 106 Å². The predicted octanol–water partition coefficient (Wildman–Crippen LogP) is 7.44. The molecule has 21 heteroatoms. The Hall–Kier alpha value is -6.75. The van der Waals surface area contributed by atoms with E-state index in [1.165, 1.54) is 9.91 Å². The first-order valence-corrected chi connectivity index (χ1v) is 31.4. The molecule has 83 heavy (non-hydrogen) atoms. The number of aromatic hydroxyl groups is 1. The van der Waals surface area contributed by atoms with Gasteiger partial charge in [0.05, 0.1) is 35.6 Å². The number of esters is 1. The van der Waals surface area contributed by atoms with Crippen molar-refractivity contribution in [2.45, 2.75) is 123 Å². The van der Waals surface area contributed by atoms with Crippen LogP contribution in [0.3, 0.4) is 0 Å². The van der Waals surface area contributed by atoms with E-state index >= 15 is 0 Å². The van der Waals surface area contributed by atoms with Gasteiger partial charge in [-0.2, -0.15) is 0 Å². The van der Waals surface area contributed by atoms with Crippen LogP contribution in [-0.4, -0.2) is 149 Å². The molecule has 3 saturated heterocycles. The number of rotatable bonds is 13. The Morgan fingerprint density at radius 2 is 1.73 bits per heavy atom. The molecule has 3 aromatic carbocycles. The summed E-state index contributed by atoms with van der Waals surface area (Å²) in [7, 11) is 0.228. The van der Waals surface area contributed by atoms with Gasteiger partial charge in [-0.3, -0.25) is 34.1 Å². The minimum absolute atomic E-state index is 0.0375. The second-order valence-electron chi connectivity index (χ2n) is 23.8. The molecule has 0 aliphatic carbocycles. The number of nitrogens with two attached hydrogens (primary N) is 1. The summed E-state index contributed by atoms with van der Waals surface area (Å²) in [5, 5.41) is 17.7. The molecule has 4 aliphatic rings. The topological polar surface area (TPSA) is 241 Å².